The summed E-state index contributed by atoms with van der Waals surface area (Å²) in [6, 6.07) is 7.99. The lowest BCUT2D eigenvalue weighted by Gasteiger charge is -2.36. The SMILES string of the molecule is COc1cccc(-n2ccnc2N2CCN(C(=O)CCC3CCCCC3)CC2)c1. The number of ether oxygens (including phenoxy) is 1. The normalized spacial score (nSPS) is 18.1. The fourth-order valence-corrected chi connectivity index (χ4v) is 4.61. The zero-order valence-electron chi connectivity index (χ0n) is 17.4. The second-order valence-electron chi connectivity index (χ2n) is 8.21. The summed E-state index contributed by atoms with van der Waals surface area (Å²) in [5.74, 6) is 2.85. The number of piperazine rings is 1. The van der Waals surface area contributed by atoms with Gasteiger partial charge in [-0.15, -0.1) is 0 Å². The number of rotatable bonds is 6. The van der Waals surface area contributed by atoms with Crippen LogP contribution in [-0.4, -0.2) is 53.6 Å². The van der Waals surface area contributed by atoms with E-state index < -0.39 is 0 Å². The van der Waals surface area contributed by atoms with E-state index in [1.807, 2.05) is 35.5 Å². The van der Waals surface area contributed by atoms with Gasteiger partial charge in [-0.3, -0.25) is 9.36 Å². The highest BCUT2D eigenvalue weighted by atomic mass is 16.5. The van der Waals surface area contributed by atoms with Crippen molar-refractivity contribution in [1.29, 1.82) is 0 Å². The standard InChI is InChI=1S/C23H32N4O2/c1-29-21-9-5-8-20(18-21)27-13-12-24-23(27)26-16-14-25(15-17-26)22(28)11-10-19-6-3-2-4-7-19/h5,8-9,12-13,18-19H,2-4,6-7,10-11,14-17H2,1H3. The van der Waals surface area contributed by atoms with Gasteiger partial charge in [0.05, 0.1) is 12.8 Å². The zero-order chi connectivity index (χ0) is 20.1. The minimum Gasteiger partial charge on any atom is -0.497 e. The van der Waals surface area contributed by atoms with Crippen LogP contribution in [0.1, 0.15) is 44.9 Å². The van der Waals surface area contributed by atoms with E-state index in [1.165, 1.54) is 32.1 Å². The molecule has 2 fully saturated rings. The molecule has 4 rings (SSSR count). The van der Waals surface area contributed by atoms with Crippen molar-refractivity contribution in [2.75, 3.05) is 38.2 Å². The van der Waals surface area contributed by atoms with Gasteiger partial charge in [-0.2, -0.15) is 0 Å². The molecule has 0 spiro atoms. The van der Waals surface area contributed by atoms with Crippen LogP contribution < -0.4 is 9.64 Å². The molecule has 2 aliphatic rings. The van der Waals surface area contributed by atoms with Crippen LogP contribution in [0.4, 0.5) is 5.95 Å². The van der Waals surface area contributed by atoms with Crippen LogP contribution in [0.5, 0.6) is 5.75 Å². The van der Waals surface area contributed by atoms with E-state index in [9.17, 15) is 4.79 Å². The summed E-state index contributed by atoms with van der Waals surface area (Å²) in [7, 11) is 1.68. The maximum Gasteiger partial charge on any atom is 0.222 e. The van der Waals surface area contributed by atoms with Crippen molar-refractivity contribution in [3.63, 3.8) is 0 Å². The van der Waals surface area contributed by atoms with Gasteiger partial charge in [0.25, 0.3) is 0 Å². The lowest BCUT2D eigenvalue weighted by atomic mass is 9.86. The zero-order valence-corrected chi connectivity index (χ0v) is 17.4. The number of methoxy groups -OCH3 is 1. The molecule has 6 nitrogen and oxygen atoms in total. The van der Waals surface area contributed by atoms with Crippen LogP contribution in [0.25, 0.3) is 5.69 Å². The molecule has 0 unspecified atom stereocenters. The third-order valence-corrected chi connectivity index (χ3v) is 6.36. The quantitative estimate of drug-likeness (QED) is 0.743. The van der Waals surface area contributed by atoms with Crippen LogP contribution in [-0.2, 0) is 4.79 Å². The van der Waals surface area contributed by atoms with Crippen molar-refractivity contribution in [2.45, 2.75) is 44.9 Å². The molecule has 1 aliphatic carbocycles. The van der Waals surface area contributed by atoms with Crippen molar-refractivity contribution in [2.24, 2.45) is 5.92 Å². The van der Waals surface area contributed by atoms with Gasteiger partial charge in [0.15, 0.2) is 0 Å². The van der Waals surface area contributed by atoms with Crippen molar-refractivity contribution in [3.8, 4) is 11.4 Å². The van der Waals surface area contributed by atoms with E-state index in [-0.39, 0.29) is 0 Å². The molecule has 1 aromatic heterocycles. The summed E-state index contributed by atoms with van der Waals surface area (Å²) < 4.78 is 7.44. The molecule has 1 saturated carbocycles. The van der Waals surface area contributed by atoms with Gasteiger partial charge < -0.3 is 14.5 Å². The lowest BCUT2D eigenvalue weighted by molar-refractivity contribution is -0.131. The van der Waals surface area contributed by atoms with Gasteiger partial charge in [-0.25, -0.2) is 4.98 Å². The largest absolute Gasteiger partial charge is 0.497 e. The predicted molar refractivity (Wildman–Crippen MR) is 115 cm³/mol. The van der Waals surface area contributed by atoms with Crippen molar-refractivity contribution < 1.29 is 9.53 Å². The summed E-state index contributed by atoms with van der Waals surface area (Å²) in [6.45, 7) is 3.18. The monoisotopic (exact) mass is 396 g/mol. The van der Waals surface area contributed by atoms with Crippen LogP contribution >= 0.6 is 0 Å². The first-order valence-corrected chi connectivity index (χ1v) is 10.9. The fraction of sp³-hybridized carbons (Fsp3) is 0.565. The van der Waals surface area contributed by atoms with Crippen molar-refractivity contribution in [1.82, 2.24) is 14.5 Å². The van der Waals surface area contributed by atoms with Crippen LogP contribution in [0.15, 0.2) is 36.7 Å². The number of anilines is 1. The predicted octanol–water partition coefficient (Wildman–Crippen LogP) is 3.89. The Kier molecular flexibility index (Phi) is 6.37. The molecule has 6 heteroatoms. The lowest BCUT2D eigenvalue weighted by Crippen LogP contribution is -2.49. The topological polar surface area (TPSA) is 50.6 Å². The average molecular weight is 397 g/mol. The minimum atomic E-state index is 0.325. The van der Waals surface area contributed by atoms with Crippen LogP contribution in [0.2, 0.25) is 0 Å². The Morgan fingerprint density at radius 3 is 2.69 bits per heavy atom. The number of nitrogens with zero attached hydrogens (tertiary/aromatic N) is 4. The average Bonchev–Trinajstić information content (AvgIpc) is 3.28. The second kappa shape index (κ2) is 9.33. The van der Waals surface area contributed by atoms with Gasteiger partial charge in [0, 0.05) is 51.1 Å². The first-order valence-electron chi connectivity index (χ1n) is 10.9. The third-order valence-electron chi connectivity index (χ3n) is 6.36. The number of imidazole rings is 1. The molecule has 1 aromatic carbocycles. The van der Waals surface area contributed by atoms with Gasteiger partial charge in [-0.05, 0) is 24.5 Å². The summed E-state index contributed by atoms with van der Waals surface area (Å²) in [4.78, 5) is 21.6. The Morgan fingerprint density at radius 2 is 1.93 bits per heavy atom. The molecule has 0 N–H and O–H groups in total. The maximum absolute atomic E-state index is 12.7. The Hall–Kier alpha value is -2.50. The molecular formula is C23H32N4O2. The Morgan fingerprint density at radius 1 is 1.14 bits per heavy atom. The van der Waals surface area contributed by atoms with E-state index in [4.69, 9.17) is 4.74 Å². The molecule has 1 saturated heterocycles. The number of hydrogen-bond donors (Lipinski definition) is 0. The van der Waals surface area contributed by atoms with Crippen LogP contribution in [0, 0.1) is 5.92 Å². The Balaban J connectivity index is 1.33. The van der Waals surface area contributed by atoms with E-state index in [1.54, 1.807) is 7.11 Å². The minimum absolute atomic E-state index is 0.325. The molecule has 0 bridgehead atoms. The van der Waals surface area contributed by atoms with Gasteiger partial charge >= 0.3 is 0 Å². The Labute approximate surface area is 173 Å². The molecule has 2 heterocycles. The van der Waals surface area contributed by atoms with Crippen LogP contribution in [0.3, 0.4) is 0 Å². The molecule has 156 valence electrons. The first kappa shape index (κ1) is 19.8. The van der Waals surface area contributed by atoms with Gasteiger partial charge in [0.2, 0.25) is 11.9 Å². The van der Waals surface area contributed by atoms with Gasteiger partial charge in [-0.1, -0.05) is 38.2 Å². The van der Waals surface area contributed by atoms with E-state index in [0.717, 1.165) is 55.9 Å². The second-order valence-corrected chi connectivity index (χ2v) is 8.21. The van der Waals surface area contributed by atoms with Crippen molar-refractivity contribution >= 4 is 11.9 Å². The van der Waals surface area contributed by atoms with E-state index in [0.29, 0.717) is 12.3 Å². The molecule has 1 aliphatic heterocycles. The summed E-state index contributed by atoms with van der Waals surface area (Å²) in [6.07, 6.45) is 12.3. The summed E-state index contributed by atoms with van der Waals surface area (Å²) in [5, 5.41) is 0. The number of amides is 1. The fourth-order valence-electron chi connectivity index (χ4n) is 4.61. The maximum atomic E-state index is 12.7. The molecule has 0 atom stereocenters. The van der Waals surface area contributed by atoms with E-state index in [2.05, 4.69) is 20.5 Å². The highest BCUT2D eigenvalue weighted by molar-refractivity contribution is 5.76. The van der Waals surface area contributed by atoms with Gasteiger partial charge in [0.1, 0.15) is 5.75 Å². The third kappa shape index (κ3) is 4.74. The summed E-state index contributed by atoms with van der Waals surface area (Å²) in [5.41, 5.74) is 1.03. The molecule has 29 heavy (non-hydrogen) atoms. The number of carbonyl (C=O) groups excluding carboxylic acids is 1. The molecule has 0 radical (unpaired) electrons. The smallest absolute Gasteiger partial charge is 0.222 e. The van der Waals surface area contributed by atoms with Crippen molar-refractivity contribution in [3.05, 3.63) is 36.7 Å². The first-order chi connectivity index (χ1) is 14.2. The van der Waals surface area contributed by atoms with E-state index >= 15 is 0 Å². The number of hydrogen-bond acceptors (Lipinski definition) is 4. The Bertz CT molecular complexity index is 805. The molecule has 1 amide bonds. The highest BCUT2D eigenvalue weighted by Gasteiger charge is 2.24. The number of benzene rings is 1. The number of carbonyl (C=O) groups is 1. The molecular weight excluding hydrogens is 364 g/mol. The highest BCUT2D eigenvalue weighted by Crippen LogP contribution is 2.28. The summed E-state index contributed by atoms with van der Waals surface area (Å²) >= 11 is 0. The molecule has 2 aromatic rings. The number of aromatic nitrogens is 2.